The molecular formula is C14H18ClNO. The number of Topliss-reactive ketones (excluding diaryl/α,β-unsaturated/α-hetero) is 1. The molecule has 17 heavy (non-hydrogen) atoms. The van der Waals surface area contributed by atoms with E-state index in [4.69, 9.17) is 0 Å². The maximum atomic E-state index is 11.8. The predicted octanol–water partition coefficient (Wildman–Crippen LogP) is 2.52. The molecule has 2 unspecified atom stereocenters. The molecule has 2 fully saturated rings. The lowest BCUT2D eigenvalue weighted by Gasteiger charge is -2.30. The second-order valence-electron chi connectivity index (χ2n) is 5.05. The topological polar surface area (TPSA) is 20.3 Å². The van der Waals surface area contributed by atoms with Gasteiger partial charge in [0.05, 0.1) is 0 Å². The van der Waals surface area contributed by atoms with E-state index in [2.05, 4.69) is 29.2 Å². The standard InChI is InChI=1S/C14H17NO.ClH/c16-14-12-6-7-13(14)10-15(9-12)8-11-4-2-1-3-5-11;/h1-5,12-13H,6-10H2;1H. The Hall–Kier alpha value is -0.860. The van der Waals surface area contributed by atoms with Crippen LogP contribution in [0.4, 0.5) is 0 Å². The van der Waals surface area contributed by atoms with Gasteiger partial charge in [0, 0.05) is 31.5 Å². The molecule has 2 nitrogen and oxygen atoms in total. The van der Waals surface area contributed by atoms with Crippen molar-refractivity contribution < 1.29 is 4.79 Å². The Balaban J connectivity index is 0.00000108. The summed E-state index contributed by atoms with van der Waals surface area (Å²) in [6, 6.07) is 10.5. The lowest BCUT2D eigenvalue weighted by molar-refractivity contribution is -0.127. The highest BCUT2D eigenvalue weighted by Gasteiger charge is 2.40. The van der Waals surface area contributed by atoms with E-state index in [0.717, 1.165) is 32.5 Å². The molecule has 0 aromatic heterocycles. The number of carbonyl (C=O) groups excluding carboxylic acids is 1. The summed E-state index contributed by atoms with van der Waals surface area (Å²) in [6.07, 6.45) is 2.24. The van der Waals surface area contributed by atoms with Gasteiger partial charge in [-0.15, -0.1) is 12.4 Å². The SMILES string of the molecule is Cl.O=C1C2CCC1CN(Cc1ccccc1)C2. The molecule has 0 spiro atoms. The minimum absolute atomic E-state index is 0. The molecule has 2 aliphatic rings. The molecule has 0 amide bonds. The quantitative estimate of drug-likeness (QED) is 0.805. The van der Waals surface area contributed by atoms with Gasteiger partial charge < -0.3 is 0 Å². The number of halogens is 1. The van der Waals surface area contributed by atoms with Gasteiger partial charge in [-0.3, -0.25) is 9.69 Å². The van der Waals surface area contributed by atoms with Crippen LogP contribution in [0.25, 0.3) is 0 Å². The Morgan fingerprint density at radius 3 is 2.24 bits per heavy atom. The van der Waals surface area contributed by atoms with Crippen LogP contribution < -0.4 is 0 Å². The molecule has 2 atom stereocenters. The highest BCUT2D eigenvalue weighted by molar-refractivity contribution is 5.86. The average Bonchev–Trinajstić information content (AvgIpc) is 2.54. The largest absolute Gasteiger partial charge is 0.299 e. The number of fused-ring (bicyclic) bond motifs is 2. The first kappa shape index (κ1) is 12.6. The molecule has 1 saturated heterocycles. The molecule has 1 saturated carbocycles. The lowest BCUT2D eigenvalue weighted by Crippen LogP contribution is -2.41. The minimum Gasteiger partial charge on any atom is -0.299 e. The Labute approximate surface area is 108 Å². The average molecular weight is 252 g/mol. The van der Waals surface area contributed by atoms with Crippen LogP contribution in [0.2, 0.25) is 0 Å². The molecule has 1 aliphatic carbocycles. The first-order chi connectivity index (χ1) is 7.83. The van der Waals surface area contributed by atoms with Gasteiger partial charge in [-0.2, -0.15) is 0 Å². The normalized spacial score (nSPS) is 27.9. The molecule has 1 aromatic rings. The highest BCUT2D eigenvalue weighted by atomic mass is 35.5. The zero-order valence-electron chi connectivity index (χ0n) is 9.84. The van der Waals surface area contributed by atoms with Crippen molar-refractivity contribution in [3.05, 3.63) is 35.9 Å². The Kier molecular flexibility index (Phi) is 3.85. The summed E-state index contributed by atoms with van der Waals surface area (Å²) in [5.74, 6) is 1.20. The third-order valence-electron chi connectivity index (χ3n) is 3.87. The van der Waals surface area contributed by atoms with E-state index in [1.807, 2.05) is 6.07 Å². The number of hydrogen-bond acceptors (Lipinski definition) is 2. The van der Waals surface area contributed by atoms with Gasteiger partial charge in [-0.25, -0.2) is 0 Å². The maximum Gasteiger partial charge on any atom is 0.141 e. The fraction of sp³-hybridized carbons (Fsp3) is 0.500. The molecule has 2 bridgehead atoms. The van der Waals surface area contributed by atoms with Gasteiger partial charge in [-0.1, -0.05) is 30.3 Å². The monoisotopic (exact) mass is 251 g/mol. The number of likely N-dealkylation sites (tertiary alicyclic amines) is 1. The van der Waals surface area contributed by atoms with Crippen LogP contribution in [0.1, 0.15) is 18.4 Å². The number of carbonyl (C=O) groups is 1. The van der Waals surface area contributed by atoms with E-state index >= 15 is 0 Å². The second kappa shape index (κ2) is 5.19. The number of piperidine rings is 1. The van der Waals surface area contributed by atoms with E-state index in [0.29, 0.717) is 17.6 Å². The van der Waals surface area contributed by atoms with E-state index in [9.17, 15) is 4.79 Å². The van der Waals surface area contributed by atoms with Crippen LogP contribution in [0.3, 0.4) is 0 Å². The summed E-state index contributed by atoms with van der Waals surface area (Å²) in [4.78, 5) is 14.2. The molecule has 0 N–H and O–H groups in total. The number of hydrogen-bond donors (Lipinski definition) is 0. The van der Waals surface area contributed by atoms with Crippen molar-refractivity contribution in [3.63, 3.8) is 0 Å². The molecule has 1 aromatic carbocycles. The summed E-state index contributed by atoms with van der Waals surface area (Å²) >= 11 is 0. The Morgan fingerprint density at radius 2 is 1.65 bits per heavy atom. The van der Waals surface area contributed by atoms with Crippen molar-refractivity contribution in [2.45, 2.75) is 19.4 Å². The number of benzene rings is 1. The van der Waals surface area contributed by atoms with E-state index < -0.39 is 0 Å². The molecule has 1 aliphatic heterocycles. The summed E-state index contributed by atoms with van der Waals surface area (Å²) in [7, 11) is 0. The number of ketones is 1. The summed E-state index contributed by atoms with van der Waals surface area (Å²) < 4.78 is 0. The van der Waals surface area contributed by atoms with Crippen LogP contribution in [0, 0.1) is 11.8 Å². The molecular weight excluding hydrogens is 234 g/mol. The van der Waals surface area contributed by atoms with Gasteiger partial charge in [0.15, 0.2) is 0 Å². The van der Waals surface area contributed by atoms with Gasteiger partial charge in [0.1, 0.15) is 5.78 Å². The first-order valence-corrected chi connectivity index (χ1v) is 6.13. The second-order valence-corrected chi connectivity index (χ2v) is 5.05. The smallest absolute Gasteiger partial charge is 0.141 e. The first-order valence-electron chi connectivity index (χ1n) is 6.13. The van der Waals surface area contributed by atoms with Crippen molar-refractivity contribution in [1.29, 1.82) is 0 Å². The van der Waals surface area contributed by atoms with Gasteiger partial charge in [-0.05, 0) is 18.4 Å². The van der Waals surface area contributed by atoms with Gasteiger partial charge in [0.25, 0.3) is 0 Å². The van der Waals surface area contributed by atoms with Crippen molar-refractivity contribution in [1.82, 2.24) is 4.90 Å². The summed E-state index contributed by atoms with van der Waals surface area (Å²) in [5.41, 5.74) is 1.36. The van der Waals surface area contributed by atoms with Crippen LogP contribution in [-0.4, -0.2) is 23.8 Å². The Morgan fingerprint density at radius 1 is 1.06 bits per heavy atom. The van der Waals surface area contributed by atoms with Crippen LogP contribution in [-0.2, 0) is 11.3 Å². The molecule has 1 heterocycles. The fourth-order valence-corrected chi connectivity index (χ4v) is 3.05. The number of nitrogens with zero attached hydrogens (tertiary/aromatic N) is 1. The molecule has 3 rings (SSSR count). The van der Waals surface area contributed by atoms with E-state index in [-0.39, 0.29) is 12.4 Å². The summed E-state index contributed by atoms with van der Waals surface area (Å²) in [6.45, 7) is 2.95. The van der Waals surface area contributed by atoms with Crippen LogP contribution in [0.5, 0.6) is 0 Å². The van der Waals surface area contributed by atoms with Gasteiger partial charge >= 0.3 is 0 Å². The summed E-state index contributed by atoms with van der Waals surface area (Å²) in [5, 5.41) is 0. The lowest BCUT2D eigenvalue weighted by atomic mass is 9.96. The zero-order valence-corrected chi connectivity index (χ0v) is 10.7. The van der Waals surface area contributed by atoms with Crippen LogP contribution >= 0.6 is 12.4 Å². The zero-order chi connectivity index (χ0) is 11.0. The van der Waals surface area contributed by atoms with E-state index in [1.165, 1.54) is 5.56 Å². The van der Waals surface area contributed by atoms with Gasteiger partial charge in [0.2, 0.25) is 0 Å². The van der Waals surface area contributed by atoms with Crippen molar-refractivity contribution in [2.24, 2.45) is 11.8 Å². The van der Waals surface area contributed by atoms with Crippen molar-refractivity contribution in [2.75, 3.05) is 13.1 Å². The molecule has 3 heteroatoms. The fourth-order valence-electron chi connectivity index (χ4n) is 3.05. The molecule has 92 valence electrons. The third-order valence-corrected chi connectivity index (χ3v) is 3.87. The number of rotatable bonds is 2. The highest BCUT2D eigenvalue weighted by Crippen LogP contribution is 2.33. The third kappa shape index (κ3) is 2.53. The van der Waals surface area contributed by atoms with Crippen LogP contribution in [0.15, 0.2) is 30.3 Å². The predicted molar refractivity (Wildman–Crippen MR) is 70.2 cm³/mol. The van der Waals surface area contributed by atoms with Crippen molar-refractivity contribution in [3.8, 4) is 0 Å². The maximum absolute atomic E-state index is 11.8. The minimum atomic E-state index is 0. The van der Waals surface area contributed by atoms with E-state index in [1.54, 1.807) is 0 Å². The Bertz CT molecular complexity index is 376. The van der Waals surface area contributed by atoms with Crippen molar-refractivity contribution >= 4 is 18.2 Å². The molecule has 0 radical (unpaired) electrons.